The van der Waals surface area contributed by atoms with E-state index in [0.717, 1.165) is 11.4 Å². The smallest absolute Gasteiger partial charge is 0.342 e. The van der Waals surface area contributed by atoms with E-state index in [-0.39, 0.29) is 18.1 Å². The van der Waals surface area contributed by atoms with E-state index in [1.165, 1.54) is 20.3 Å². The Morgan fingerprint density at radius 3 is 2.07 bits per heavy atom. The second-order valence-electron chi connectivity index (χ2n) is 6.71. The molecule has 160 valence electrons. The minimum Gasteiger partial charge on any atom is -0.497 e. The maximum atomic E-state index is 12.5. The molecule has 2 aromatic rings. The largest absolute Gasteiger partial charge is 0.497 e. The van der Waals surface area contributed by atoms with Gasteiger partial charge in [-0.3, -0.25) is 4.79 Å². The minimum absolute atomic E-state index is 0.217. The van der Waals surface area contributed by atoms with E-state index in [0.29, 0.717) is 37.7 Å². The van der Waals surface area contributed by atoms with Gasteiger partial charge in [0.1, 0.15) is 22.8 Å². The highest BCUT2D eigenvalue weighted by molar-refractivity contribution is 5.94. The molecular weight excluding hydrogens is 388 g/mol. The van der Waals surface area contributed by atoms with Gasteiger partial charge >= 0.3 is 5.97 Å². The third-order valence-electron chi connectivity index (χ3n) is 5.02. The molecule has 0 unspecified atom stereocenters. The fourth-order valence-corrected chi connectivity index (χ4v) is 3.28. The molecule has 0 atom stereocenters. The van der Waals surface area contributed by atoms with Crippen molar-refractivity contribution in [3.63, 3.8) is 0 Å². The van der Waals surface area contributed by atoms with Crippen molar-refractivity contribution in [1.82, 2.24) is 4.90 Å². The van der Waals surface area contributed by atoms with E-state index in [1.807, 2.05) is 24.3 Å². The first-order chi connectivity index (χ1) is 14.5. The fourth-order valence-electron chi connectivity index (χ4n) is 3.28. The predicted molar refractivity (Wildman–Crippen MR) is 112 cm³/mol. The highest BCUT2D eigenvalue weighted by Gasteiger charge is 2.23. The van der Waals surface area contributed by atoms with Crippen LogP contribution >= 0.6 is 0 Å². The summed E-state index contributed by atoms with van der Waals surface area (Å²) in [5, 5.41) is 0. The monoisotopic (exact) mass is 414 g/mol. The van der Waals surface area contributed by atoms with Gasteiger partial charge in [0.2, 0.25) is 0 Å². The lowest BCUT2D eigenvalue weighted by atomic mass is 10.2. The number of benzene rings is 2. The first kappa shape index (κ1) is 21.3. The normalized spacial score (nSPS) is 13.6. The summed E-state index contributed by atoms with van der Waals surface area (Å²) in [4.78, 5) is 28.8. The third-order valence-corrected chi connectivity index (χ3v) is 5.02. The Morgan fingerprint density at radius 2 is 1.47 bits per heavy atom. The molecule has 0 radical (unpaired) electrons. The van der Waals surface area contributed by atoms with E-state index in [4.69, 9.17) is 18.9 Å². The van der Waals surface area contributed by atoms with Crippen LogP contribution < -0.4 is 19.1 Å². The summed E-state index contributed by atoms with van der Waals surface area (Å²) >= 11 is 0. The van der Waals surface area contributed by atoms with Crippen molar-refractivity contribution in [2.75, 3.05) is 59.0 Å². The summed E-state index contributed by atoms with van der Waals surface area (Å²) in [7, 11) is 4.61. The molecule has 0 spiro atoms. The number of anilines is 1. The zero-order chi connectivity index (χ0) is 21.5. The van der Waals surface area contributed by atoms with Crippen molar-refractivity contribution < 1.29 is 28.5 Å². The lowest BCUT2D eigenvalue weighted by Crippen LogP contribution is -2.49. The average molecular weight is 414 g/mol. The van der Waals surface area contributed by atoms with Crippen LogP contribution in [0, 0.1) is 0 Å². The summed E-state index contributed by atoms with van der Waals surface area (Å²) in [6, 6.07) is 12.7. The van der Waals surface area contributed by atoms with Gasteiger partial charge in [0, 0.05) is 31.9 Å². The van der Waals surface area contributed by atoms with E-state index >= 15 is 0 Å². The van der Waals surface area contributed by atoms with Gasteiger partial charge in [0.25, 0.3) is 5.91 Å². The number of methoxy groups -OCH3 is 3. The van der Waals surface area contributed by atoms with Crippen LogP contribution in [0.25, 0.3) is 0 Å². The molecule has 0 N–H and O–H groups in total. The highest BCUT2D eigenvalue weighted by Crippen LogP contribution is 2.25. The molecule has 1 aliphatic rings. The zero-order valence-electron chi connectivity index (χ0n) is 17.4. The number of nitrogens with zero attached hydrogens (tertiary/aromatic N) is 2. The van der Waals surface area contributed by atoms with Gasteiger partial charge < -0.3 is 28.7 Å². The molecule has 1 aliphatic heterocycles. The predicted octanol–water partition coefficient (Wildman–Crippen LogP) is 2.22. The van der Waals surface area contributed by atoms with Crippen molar-refractivity contribution in [3.8, 4) is 17.2 Å². The SMILES string of the molecule is COc1ccc(N2CCN(C(=O)COC(=O)c3cc(OC)ccc3OC)CC2)cc1. The molecule has 1 saturated heterocycles. The van der Waals surface area contributed by atoms with E-state index in [1.54, 1.807) is 24.1 Å². The lowest BCUT2D eigenvalue weighted by Gasteiger charge is -2.36. The Bertz CT molecular complexity index is 876. The maximum absolute atomic E-state index is 12.5. The second kappa shape index (κ2) is 9.87. The molecule has 0 bridgehead atoms. The lowest BCUT2D eigenvalue weighted by molar-refractivity contribution is -0.134. The van der Waals surface area contributed by atoms with E-state index in [2.05, 4.69) is 4.90 Å². The molecule has 1 heterocycles. The van der Waals surface area contributed by atoms with Crippen LogP contribution in [0.4, 0.5) is 5.69 Å². The van der Waals surface area contributed by atoms with Gasteiger partial charge in [-0.15, -0.1) is 0 Å². The standard InChI is InChI=1S/C22H26N2O6/c1-27-17-6-4-16(5-7-17)23-10-12-24(13-11-23)21(25)15-30-22(26)19-14-18(28-2)8-9-20(19)29-3/h4-9,14H,10-13,15H2,1-3H3. The van der Waals surface area contributed by atoms with Crippen molar-refractivity contribution in [2.45, 2.75) is 0 Å². The molecule has 30 heavy (non-hydrogen) atoms. The van der Waals surface area contributed by atoms with Crippen LogP contribution in [-0.2, 0) is 9.53 Å². The molecule has 8 heteroatoms. The Morgan fingerprint density at radius 1 is 0.833 bits per heavy atom. The van der Waals surface area contributed by atoms with Crippen LogP contribution in [-0.4, -0.2) is 70.9 Å². The highest BCUT2D eigenvalue weighted by atomic mass is 16.5. The Kier molecular flexibility index (Phi) is 7.00. The van der Waals surface area contributed by atoms with Crippen molar-refractivity contribution in [3.05, 3.63) is 48.0 Å². The number of rotatable bonds is 7. The van der Waals surface area contributed by atoms with Crippen LogP contribution in [0.2, 0.25) is 0 Å². The van der Waals surface area contributed by atoms with E-state index in [9.17, 15) is 9.59 Å². The van der Waals surface area contributed by atoms with Gasteiger partial charge in [0.15, 0.2) is 6.61 Å². The number of hydrogen-bond donors (Lipinski definition) is 0. The molecule has 2 aromatic carbocycles. The molecule has 3 rings (SSSR count). The fraction of sp³-hybridized carbons (Fsp3) is 0.364. The van der Waals surface area contributed by atoms with Gasteiger partial charge in [0.05, 0.1) is 21.3 Å². The number of piperazine rings is 1. The third kappa shape index (κ3) is 4.94. The molecular formula is C22H26N2O6. The average Bonchev–Trinajstić information content (AvgIpc) is 2.82. The summed E-state index contributed by atoms with van der Waals surface area (Å²) in [6.45, 7) is 2.21. The van der Waals surface area contributed by atoms with Gasteiger partial charge in [-0.1, -0.05) is 0 Å². The van der Waals surface area contributed by atoms with Crippen molar-refractivity contribution in [1.29, 1.82) is 0 Å². The number of esters is 1. The Hall–Kier alpha value is -3.42. The quantitative estimate of drug-likeness (QED) is 0.643. The Balaban J connectivity index is 1.52. The maximum Gasteiger partial charge on any atom is 0.342 e. The van der Waals surface area contributed by atoms with Crippen LogP contribution in [0.15, 0.2) is 42.5 Å². The molecule has 1 amide bonds. The van der Waals surface area contributed by atoms with Gasteiger partial charge in [-0.25, -0.2) is 4.79 Å². The van der Waals surface area contributed by atoms with Crippen molar-refractivity contribution >= 4 is 17.6 Å². The van der Waals surface area contributed by atoms with Crippen molar-refractivity contribution in [2.24, 2.45) is 0 Å². The van der Waals surface area contributed by atoms with Crippen LogP contribution in [0.5, 0.6) is 17.2 Å². The number of hydrogen-bond acceptors (Lipinski definition) is 7. The summed E-state index contributed by atoms with van der Waals surface area (Å²) < 4.78 is 20.7. The summed E-state index contributed by atoms with van der Waals surface area (Å²) in [5.41, 5.74) is 1.30. The molecule has 0 aromatic heterocycles. The van der Waals surface area contributed by atoms with Gasteiger partial charge in [-0.05, 0) is 42.5 Å². The Labute approximate surface area is 175 Å². The molecule has 0 saturated carbocycles. The minimum atomic E-state index is -0.629. The van der Waals surface area contributed by atoms with E-state index < -0.39 is 5.97 Å². The topological polar surface area (TPSA) is 77.5 Å². The first-order valence-electron chi connectivity index (χ1n) is 9.61. The van der Waals surface area contributed by atoms with Crippen LogP contribution in [0.3, 0.4) is 0 Å². The molecule has 1 fully saturated rings. The number of amides is 1. The first-order valence-corrected chi connectivity index (χ1v) is 9.61. The summed E-state index contributed by atoms with van der Waals surface area (Å²) in [5.74, 6) is 0.822. The zero-order valence-corrected chi connectivity index (χ0v) is 17.4. The number of ether oxygens (including phenoxy) is 4. The van der Waals surface area contributed by atoms with Gasteiger partial charge in [-0.2, -0.15) is 0 Å². The second-order valence-corrected chi connectivity index (χ2v) is 6.71. The molecule has 0 aliphatic carbocycles. The molecule has 8 nitrogen and oxygen atoms in total. The number of carbonyl (C=O) groups is 2. The van der Waals surface area contributed by atoms with Crippen LogP contribution in [0.1, 0.15) is 10.4 Å². The summed E-state index contributed by atoms with van der Waals surface area (Å²) in [6.07, 6.45) is 0. The number of carbonyl (C=O) groups excluding carboxylic acids is 2.